The van der Waals surface area contributed by atoms with Gasteiger partial charge in [-0.1, -0.05) is 6.08 Å². The first-order chi connectivity index (χ1) is 6.13. The van der Waals surface area contributed by atoms with E-state index in [0.29, 0.717) is 0 Å². The lowest BCUT2D eigenvalue weighted by Gasteiger charge is -1.91. The van der Waals surface area contributed by atoms with Gasteiger partial charge in [0.15, 0.2) is 0 Å². The zero-order chi connectivity index (χ0) is 10.7. The van der Waals surface area contributed by atoms with Gasteiger partial charge >= 0.3 is 5.97 Å². The SMILES string of the molecule is C=CCC(=CC#N)C(=O)O.[SiH3]O[SiH3]. The molecule has 0 saturated heterocycles. The van der Waals surface area contributed by atoms with E-state index >= 15 is 0 Å². The highest BCUT2D eigenvalue weighted by Crippen LogP contribution is 2.00. The fraction of sp³-hybridized carbons (Fsp3) is 0.143. The number of nitriles is 1. The van der Waals surface area contributed by atoms with Crippen LogP contribution in [-0.4, -0.2) is 32.0 Å². The molecule has 0 amide bonds. The molecule has 0 saturated carbocycles. The molecule has 0 bridgehead atoms. The van der Waals surface area contributed by atoms with Crippen LogP contribution >= 0.6 is 0 Å². The Hall–Kier alpha value is -1.17. The first-order valence-electron chi connectivity index (χ1n) is 3.47. The first kappa shape index (κ1) is 14.4. The fourth-order valence-corrected chi connectivity index (χ4v) is 0.441. The second-order valence-corrected chi connectivity index (χ2v) is 5.27. The number of hydrogen-bond donors (Lipinski definition) is 1. The Labute approximate surface area is 83.6 Å². The van der Waals surface area contributed by atoms with Crippen molar-refractivity contribution in [3.8, 4) is 6.07 Å². The normalized spacial score (nSPS) is 9.62. The van der Waals surface area contributed by atoms with E-state index in [1.807, 2.05) is 0 Å². The first-order valence-corrected chi connectivity index (χ1v) is 5.10. The van der Waals surface area contributed by atoms with Crippen LogP contribution in [0.1, 0.15) is 6.42 Å². The molecular weight excluding hydrogens is 202 g/mol. The van der Waals surface area contributed by atoms with Crippen LogP contribution in [0.25, 0.3) is 0 Å². The van der Waals surface area contributed by atoms with Crippen molar-refractivity contribution < 1.29 is 14.0 Å². The Balaban J connectivity index is 0. The lowest BCUT2D eigenvalue weighted by molar-refractivity contribution is -0.132. The molecule has 0 spiro atoms. The average molecular weight is 215 g/mol. The third kappa shape index (κ3) is 10.8. The minimum Gasteiger partial charge on any atom is -0.478 e. The van der Waals surface area contributed by atoms with Gasteiger partial charge in [-0.05, 0) is 6.42 Å². The summed E-state index contributed by atoms with van der Waals surface area (Å²) in [4.78, 5) is 10.2. The number of allylic oxidation sites excluding steroid dienone is 2. The second kappa shape index (κ2) is 10.8. The molecule has 0 radical (unpaired) electrons. The Morgan fingerprint density at radius 2 is 2.15 bits per heavy atom. The second-order valence-electron chi connectivity index (χ2n) is 2.00. The Morgan fingerprint density at radius 1 is 1.69 bits per heavy atom. The summed E-state index contributed by atoms with van der Waals surface area (Å²) in [6, 6.07) is 1.64. The van der Waals surface area contributed by atoms with Crippen molar-refractivity contribution in [2.45, 2.75) is 6.42 Å². The van der Waals surface area contributed by atoms with Gasteiger partial charge in [0.25, 0.3) is 0 Å². The van der Waals surface area contributed by atoms with Gasteiger partial charge in [0.05, 0.1) is 11.6 Å². The molecule has 4 nitrogen and oxygen atoms in total. The summed E-state index contributed by atoms with van der Waals surface area (Å²) in [5.41, 5.74) is 0.0671. The molecule has 72 valence electrons. The molecule has 0 unspecified atom stereocenters. The molecule has 0 aliphatic carbocycles. The summed E-state index contributed by atoms with van der Waals surface area (Å²) >= 11 is 0. The van der Waals surface area contributed by atoms with Crippen molar-refractivity contribution in [1.29, 1.82) is 5.26 Å². The van der Waals surface area contributed by atoms with Crippen LogP contribution in [-0.2, 0) is 8.91 Å². The molecule has 0 aromatic carbocycles. The molecule has 0 atom stereocenters. The number of carbonyl (C=O) groups is 1. The summed E-state index contributed by atoms with van der Waals surface area (Å²) in [7, 11) is 1.86. The molecule has 0 heterocycles. The Morgan fingerprint density at radius 3 is 2.38 bits per heavy atom. The number of hydrogen-bond acceptors (Lipinski definition) is 3. The van der Waals surface area contributed by atoms with E-state index in [1.54, 1.807) is 6.07 Å². The van der Waals surface area contributed by atoms with Crippen LogP contribution in [0.3, 0.4) is 0 Å². The molecule has 6 heteroatoms. The van der Waals surface area contributed by atoms with Gasteiger partial charge in [-0.3, -0.25) is 0 Å². The quantitative estimate of drug-likeness (QED) is 0.274. The molecule has 13 heavy (non-hydrogen) atoms. The summed E-state index contributed by atoms with van der Waals surface area (Å²) < 4.78 is 4.53. The monoisotopic (exact) mass is 215 g/mol. The van der Waals surface area contributed by atoms with Gasteiger partial charge in [0.1, 0.15) is 21.0 Å². The molecule has 0 aromatic rings. The summed E-state index contributed by atoms with van der Waals surface area (Å²) in [6.45, 7) is 3.35. The van der Waals surface area contributed by atoms with Crippen molar-refractivity contribution in [3.63, 3.8) is 0 Å². The highest BCUT2D eigenvalue weighted by atomic mass is 28.3. The number of carboxylic acids is 1. The highest BCUT2D eigenvalue weighted by Gasteiger charge is 2.02. The van der Waals surface area contributed by atoms with Crippen LogP contribution in [0.2, 0.25) is 0 Å². The van der Waals surface area contributed by atoms with E-state index in [-0.39, 0.29) is 12.0 Å². The van der Waals surface area contributed by atoms with Gasteiger partial charge < -0.3 is 9.22 Å². The van der Waals surface area contributed by atoms with Crippen LogP contribution < -0.4 is 0 Å². The van der Waals surface area contributed by atoms with Crippen LogP contribution in [0.15, 0.2) is 24.3 Å². The van der Waals surface area contributed by atoms with Crippen molar-refractivity contribution in [2.24, 2.45) is 0 Å². The van der Waals surface area contributed by atoms with Crippen molar-refractivity contribution >= 4 is 26.9 Å². The largest absolute Gasteiger partial charge is 0.478 e. The molecule has 0 aromatic heterocycles. The van der Waals surface area contributed by atoms with Gasteiger partial charge in [-0.2, -0.15) is 5.26 Å². The predicted octanol–water partition coefficient (Wildman–Crippen LogP) is -1.34. The lowest BCUT2D eigenvalue weighted by Crippen LogP contribution is -1.98. The minimum atomic E-state index is -1.07. The van der Waals surface area contributed by atoms with E-state index in [9.17, 15) is 4.79 Å². The van der Waals surface area contributed by atoms with E-state index in [2.05, 4.69) is 10.7 Å². The van der Waals surface area contributed by atoms with Crippen molar-refractivity contribution in [2.75, 3.05) is 0 Å². The zero-order valence-electron chi connectivity index (χ0n) is 7.78. The maximum absolute atomic E-state index is 10.2. The van der Waals surface area contributed by atoms with Crippen LogP contribution in [0.4, 0.5) is 0 Å². The number of rotatable bonds is 3. The van der Waals surface area contributed by atoms with E-state index < -0.39 is 5.97 Å². The van der Waals surface area contributed by atoms with Gasteiger partial charge in [-0.25, -0.2) is 4.79 Å². The topological polar surface area (TPSA) is 70.3 Å². The number of nitrogens with zero attached hydrogens (tertiary/aromatic N) is 1. The van der Waals surface area contributed by atoms with E-state index in [4.69, 9.17) is 10.4 Å². The van der Waals surface area contributed by atoms with Crippen LogP contribution in [0, 0.1) is 11.3 Å². The molecule has 0 aliphatic heterocycles. The van der Waals surface area contributed by atoms with Crippen LogP contribution in [0.5, 0.6) is 0 Å². The van der Waals surface area contributed by atoms with E-state index in [1.165, 1.54) is 6.08 Å². The smallest absolute Gasteiger partial charge is 0.332 e. The summed E-state index contributed by atoms with van der Waals surface area (Å²) in [5.74, 6) is -1.07. The molecule has 0 fully saturated rings. The van der Waals surface area contributed by atoms with Gasteiger partial charge in [0, 0.05) is 6.08 Å². The van der Waals surface area contributed by atoms with Gasteiger partial charge in [-0.15, -0.1) is 6.58 Å². The number of carboxylic acid groups (broad SMARTS) is 1. The standard InChI is InChI=1S/C7H7NO2.H6OSi2/c1-2-3-6(4-5-8)7(9)10;2-1-3/h2,4H,1,3H2,(H,9,10);2-3H3. The maximum Gasteiger partial charge on any atom is 0.332 e. The maximum atomic E-state index is 10.2. The Bertz CT molecular complexity index is 232. The molecule has 0 aliphatic rings. The van der Waals surface area contributed by atoms with Crippen molar-refractivity contribution in [1.82, 2.24) is 0 Å². The molecule has 1 N–H and O–H groups in total. The third-order valence-corrected chi connectivity index (χ3v) is 0.878. The van der Waals surface area contributed by atoms with E-state index in [0.717, 1.165) is 27.0 Å². The Kier molecular flexibility index (Phi) is 12.0. The molecular formula is C7H13NO3Si2. The van der Waals surface area contributed by atoms with Crippen molar-refractivity contribution in [3.05, 3.63) is 24.3 Å². The number of aliphatic carboxylic acids is 1. The minimum absolute atomic E-state index is 0.0671. The third-order valence-electron chi connectivity index (χ3n) is 0.878. The lowest BCUT2D eigenvalue weighted by atomic mass is 10.2. The molecule has 0 rings (SSSR count). The average Bonchev–Trinajstić information content (AvgIpc) is 2.05. The highest BCUT2D eigenvalue weighted by molar-refractivity contribution is 6.15. The predicted molar refractivity (Wildman–Crippen MR) is 57.1 cm³/mol. The fourth-order valence-electron chi connectivity index (χ4n) is 0.441. The summed E-state index contributed by atoms with van der Waals surface area (Å²) in [6.07, 6.45) is 2.67. The zero-order valence-corrected chi connectivity index (χ0v) is 11.8. The van der Waals surface area contributed by atoms with Gasteiger partial charge in [0.2, 0.25) is 0 Å². The summed E-state index contributed by atoms with van der Waals surface area (Å²) in [5, 5.41) is 16.5.